The number of hydrogen-bond acceptors (Lipinski definition) is 5. The van der Waals surface area contributed by atoms with E-state index in [2.05, 4.69) is 15.1 Å². The first-order valence-corrected chi connectivity index (χ1v) is 9.21. The molecule has 4 aromatic rings. The predicted molar refractivity (Wildman–Crippen MR) is 99.9 cm³/mol. The first-order valence-electron chi connectivity index (χ1n) is 9.21. The Morgan fingerprint density at radius 2 is 1.77 bits per heavy atom. The van der Waals surface area contributed by atoms with Gasteiger partial charge in [-0.1, -0.05) is 47.6 Å². The lowest BCUT2D eigenvalue weighted by atomic mass is 10.1. The molecule has 9 heteroatoms. The Labute approximate surface area is 168 Å². The van der Waals surface area contributed by atoms with Crippen LogP contribution in [0.3, 0.4) is 0 Å². The zero-order valence-corrected chi connectivity index (χ0v) is 15.5. The summed E-state index contributed by atoms with van der Waals surface area (Å²) in [5.74, 6) is 0.389. The molecule has 1 unspecified atom stereocenters. The van der Waals surface area contributed by atoms with Gasteiger partial charge in [-0.25, -0.2) is 4.98 Å². The molecule has 152 valence electrons. The molecular formula is C21H15F3N4O2. The van der Waals surface area contributed by atoms with Crippen LogP contribution < -0.4 is 0 Å². The molecule has 0 radical (unpaired) electrons. The van der Waals surface area contributed by atoms with Gasteiger partial charge in [0.1, 0.15) is 6.10 Å². The lowest BCUT2D eigenvalue weighted by molar-refractivity contribution is -0.137. The minimum absolute atomic E-state index is 0.0776. The first kappa shape index (κ1) is 18.6. The Morgan fingerprint density at radius 3 is 2.50 bits per heavy atom. The van der Waals surface area contributed by atoms with Gasteiger partial charge in [0.05, 0.1) is 30.7 Å². The zero-order chi connectivity index (χ0) is 20.7. The highest BCUT2D eigenvalue weighted by Crippen LogP contribution is 2.33. The third-order valence-electron chi connectivity index (χ3n) is 5.00. The standard InChI is InChI=1S/C21H15F3N4O2/c22-21(23,24)15-8-6-14(7-9-15)19-26-20(30-27-19)18-16-11-29-17(10-28(16)12-25-18)13-4-2-1-3-5-13/h1-9,12,17H,10-11H2. The number of fused-ring (bicyclic) bond motifs is 1. The maximum Gasteiger partial charge on any atom is 0.416 e. The second-order valence-electron chi connectivity index (χ2n) is 6.90. The Morgan fingerprint density at radius 1 is 1.00 bits per heavy atom. The van der Waals surface area contributed by atoms with Gasteiger partial charge in [-0.15, -0.1) is 0 Å². The molecule has 1 aliphatic heterocycles. The van der Waals surface area contributed by atoms with Crippen molar-refractivity contribution >= 4 is 0 Å². The van der Waals surface area contributed by atoms with Gasteiger partial charge in [-0.3, -0.25) is 0 Å². The molecule has 1 aliphatic rings. The van der Waals surface area contributed by atoms with E-state index >= 15 is 0 Å². The normalized spacial score (nSPS) is 16.4. The summed E-state index contributed by atoms with van der Waals surface area (Å²) >= 11 is 0. The molecule has 0 amide bonds. The van der Waals surface area contributed by atoms with Crippen LogP contribution in [0, 0.1) is 0 Å². The van der Waals surface area contributed by atoms with Crippen LogP contribution >= 0.6 is 0 Å². The molecular weight excluding hydrogens is 397 g/mol. The second kappa shape index (κ2) is 7.10. The summed E-state index contributed by atoms with van der Waals surface area (Å²) in [6.45, 7) is 0.930. The summed E-state index contributed by atoms with van der Waals surface area (Å²) in [7, 11) is 0. The Balaban J connectivity index is 1.39. The van der Waals surface area contributed by atoms with Crippen molar-refractivity contribution in [1.29, 1.82) is 0 Å². The topological polar surface area (TPSA) is 66.0 Å². The van der Waals surface area contributed by atoms with Crippen molar-refractivity contribution in [1.82, 2.24) is 19.7 Å². The van der Waals surface area contributed by atoms with Gasteiger partial charge in [0.15, 0.2) is 5.69 Å². The molecule has 0 saturated heterocycles. The highest BCUT2D eigenvalue weighted by Gasteiger charge is 2.30. The molecule has 30 heavy (non-hydrogen) atoms. The first-order chi connectivity index (χ1) is 14.5. The van der Waals surface area contributed by atoms with Crippen LogP contribution in [-0.2, 0) is 24.1 Å². The van der Waals surface area contributed by atoms with E-state index in [1.807, 2.05) is 34.9 Å². The van der Waals surface area contributed by atoms with Crippen LogP contribution in [0.25, 0.3) is 23.0 Å². The lowest BCUT2D eigenvalue weighted by Crippen LogP contribution is -2.20. The van der Waals surface area contributed by atoms with E-state index in [9.17, 15) is 13.2 Å². The van der Waals surface area contributed by atoms with Crippen molar-refractivity contribution in [2.75, 3.05) is 0 Å². The van der Waals surface area contributed by atoms with Crippen LogP contribution in [0.4, 0.5) is 13.2 Å². The number of ether oxygens (including phenoxy) is 1. The number of benzene rings is 2. The summed E-state index contributed by atoms with van der Waals surface area (Å²) < 4.78 is 51.5. The fourth-order valence-electron chi connectivity index (χ4n) is 3.42. The summed E-state index contributed by atoms with van der Waals surface area (Å²) in [4.78, 5) is 8.70. The van der Waals surface area contributed by atoms with E-state index in [-0.39, 0.29) is 17.8 Å². The van der Waals surface area contributed by atoms with Gasteiger partial charge in [-0.05, 0) is 17.7 Å². The largest absolute Gasteiger partial charge is 0.416 e. The summed E-state index contributed by atoms with van der Waals surface area (Å²) in [6, 6.07) is 14.5. The minimum Gasteiger partial charge on any atom is -0.365 e. The van der Waals surface area contributed by atoms with Gasteiger partial charge in [-0.2, -0.15) is 18.2 Å². The second-order valence-corrected chi connectivity index (χ2v) is 6.90. The Kier molecular flexibility index (Phi) is 4.39. The molecule has 0 bridgehead atoms. The van der Waals surface area contributed by atoms with Gasteiger partial charge in [0.25, 0.3) is 5.89 Å². The average Bonchev–Trinajstić information content (AvgIpc) is 3.40. The van der Waals surface area contributed by atoms with Crippen LogP contribution in [-0.4, -0.2) is 19.7 Å². The van der Waals surface area contributed by atoms with Gasteiger partial charge < -0.3 is 13.8 Å². The van der Waals surface area contributed by atoms with Crippen molar-refractivity contribution in [3.05, 3.63) is 77.7 Å². The fourth-order valence-corrected chi connectivity index (χ4v) is 3.42. The Hall–Kier alpha value is -3.46. The fraction of sp³-hybridized carbons (Fsp3) is 0.190. The number of halogens is 3. The lowest BCUT2D eigenvalue weighted by Gasteiger charge is -2.25. The highest BCUT2D eigenvalue weighted by atomic mass is 19.4. The maximum atomic E-state index is 12.7. The summed E-state index contributed by atoms with van der Waals surface area (Å²) in [5, 5.41) is 3.89. The summed E-state index contributed by atoms with van der Waals surface area (Å²) in [6.07, 6.45) is -2.77. The van der Waals surface area contributed by atoms with Crippen LogP contribution in [0.1, 0.15) is 22.9 Å². The van der Waals surface area contributed by atoms with Crippen molar-refractivity contribution in [2.45, 2.75) is 25.4 Å². The van der Waals surface area contributed by atoms with Crippen molar-refractivity contribution in [2.24, 2.45) is 0 Å². The molecule has 3 heterocycles. The quantitative estimate of drug-likeness (QED) is 0.479. The minimum atomic E-state index is -4.39. The number of imidazole rings is 1. The summed E-state index contributed by atoms with van der Waals surface area (Å²) in [5.41, 5.74) is 2.09. The predicted octanol–water partition coefficient (Wildman–Crippen LogP) is 4.89. The van der Waals surface area contributed by atoms with Crippen molar-refractivity contribution in [3.8, 4) is 23.0 Å². The van der Waals surface area contributed by atoms with Gasteiger partial charge in [0, 0.05) is 5.56 Å². The van der Waals surface area contributed by atoms with E-state index in [0.29, 0.717) is 24.4 Å². The number of alkyl halides is 3. The molecule has 2 aromatic heterocycles. The monoisotopic (exact) mass is 412 g/mol. The molecule has 0 aliphatic carbocycles. The highest BCUT2D eigenvalue weighted by molar-refractivity contribution is 5.59. The van der Waals surface area contributed by atoms with E-state index < -0.39 is 11.7 Å². The third-order valence-corrected chi connectivity index (χ3v) is 5.00. The smallest absolute Gasteiger partial charge is 0.365 e. The zero-order valence-electron chi connectivity index (χ0n) is 15.5. The molecule has 0 N–H and O–H groups in total. The van der Waals surface area contributed by atoms with E-state index in [4.69, 9.17) is 9.26 Å². The van der Waals surface area contributed by atoms with Crippen LogP contribution in [0.5, 0.6) is 0 Å². The number of aromatic nitrogens is 4. The van der Waals surface area contributed by atoms with E-state index in [1.165, 1.54) is 12.1 Å². The molecule has 0 spiro atoms. The Bertz CT molecular complexity index is 1170. The molecule has 6 nitrogen and oxygen atoms in total. The molecule has 1 atom stereocenters. The van der Waals surface area contributed by atoms with E-state index in [1.54, 1.807) is 6.33 Å². The molecule has 0 saturated carbocycles. The maximum absolute atomic E-state index is 12.7. The van der Waals surface area contributed by atoms with Crippen LogP contribution in [0.2, 0.25) is 0 Å². The molecule has 5 rings (SSSR count). The number of hydrogen-bond donors (Lipinski definition) is 0. The van der Waals surface area contributed by atoms with Crippen molar-refractivity contribution < 1.29 is 22.4 Å². The van der Waals surface area contributed by atoms with E-state index in [0.717, 1.165) is 23.4 Å². The molecule has 0 fully saturated rings. The third kappa shape index (κ3) is 3.37. The number of nitrogens with zero attached hydrogens (tertiary/aromatic N) is 4. The van der Waals surface area contributed by atoms with Gasteiger partial charge >= 0.3 is 6.18 Å². The average molecular weight is 412 g/mol. The SMILES string of the molecule is FC(F)(F)c1ccc(-c2noc(-c3ncn4c3COC(c3ccccc3)C4)n2)cc1. The molecule has 2 aromatic carbocycles. The van der Waals surface area contributed by atoms with Crippen LogP contribution in [0.15, 0.2) is 65.4 Å². The van der Waals surface area contributed by atoms with Gasteiger partial charge in [0.2, 0.25) is 5.82 Å². The van der Waals surface area contributed by atoms with Crippen molar-refractivity contribution in [3.63, 3.8) is 0 Å². The number of rotatable bonds is 3.